The molecule has 0 N–H and O–H groups in total. The first-order chi connectivity index (χ1) is 11.5. The first-order valence-corrected chi connectivity index (χ1v) is 10.1. The number of halogens is 2. The Morgan fingerprint density at radius 1 is 1.00 bits per heavy atom. The van der Waals surface area contributed by atoms with Crippen molar-refractivity contribution < 1.29 is 13.2 Å². The molecule has 3 nitrogen and oxygen atoms in total. The Labute approximate surface area is 152 Å². The van der Waals surface area contributed by atoms with Crippen LogP contribution in [0.25, 0.3) is 0 Å². The summed E-state index contributed by atoms with van der Waals surface area (Å²) in [5.41, 5.74) is 0. The van der Waals surface area contributed by atoms with Gasteiger partial charge in [0.05, 0.1) is 21.8 Å². The van der Waals surface area contributed by atoms with Gasteiger partial charge in [-0.05, 0) is 61.6 Å². The van der Waals surface area contributed by atoms with E-state index in [1.54, 1.807) is 36.4 Å². The first-order valence-electron chi connectivity index (χ1n) is 7.83. The van der Waals surface area contributed by atoms with Crippen LogP contribution in [0.15, 0.2) is 53.4 Å². The summed E-state index contributed by atoms with van der Waals surface area (Å²) in [6.07, 6.45) is 2.07. The standard InChI is InChI=1S/C18H18Cl2O3S/c19-14-6-8-15(9-7-14)23-12-13-5-10-16(11-13)24(21,22)18-4-2-1-3-17(18)20/h1-4,6-9,13,16H,5,10-12H2/t13-,16+/m1/s1. The normalized spacial score (nSPS) is 20.9. The number of hydrogen-bond acceptors (Lipinski definition) is 3. The van der Waals surface area contributed by atoms with Crippen molar-refractivity contribution in [3.8, 4) is 5.75 Å². The maximum atomic E-state index is 12.8. The van der Waals surface area contributed by atoms with Crippen LogP contribution in [-0.4, -0.2) is 20.3 Å². The van der Waals surface area contributed by atoms with Crippen molar-refractivity contribution in [2.45, 2.75) is 29.4 Å². The minimum atomic E-state index is -3.40. The highest BCUT2D eigenvalue weighted by atomic mass is 35.5. The van der Waals surface area contributed by atoms with Crippen LogP contribution in [0, 0.1) is 5.92 Å². The van der Waals surface area contributed by atoms with Crippen LogP contribution in [0.3, 0.4) is 0 Å². The third-order valence-corrected chi connectivity index (χ3v) is 7.34. The molecule has 1 aliphatic carbocycles. The van der Waals surface area contributed by atoms with Crippen LogP contribution in [0.5, 0.6) is 5.75 Å². The van der Waals surface area contributed by atoms with Gasteiger partial charge >= 0.3 is 0 Å². The number of sulfone groups is 1. The van der Waals surface area contributed by atoms with Gasteiger partial charge in [0.25, 0.3) is 0 Å². The molecule has 2 atom stereocenters. The largest absolute Gasteiger partial charge is 0.493 e. The summed E-state index contributed by atoms with van der Waals surface area (Å²) in [5, 5.41) is 0.559. The van der Waals surface area contributed by atoms with Crippen LogP contribution in [0.4, 0.5) is 0 Å². The van der Waals surface area contributed by atoms with Crippen molar-refractivity contribution in [2.75, 3.05) is 6.61 Å². The monoisotopic (exact) mass is 384 g/mol. The second-order valence-electron chi connectivity index (χ2n) is 6.04. The van der Waals surface area contributed by atoms with Crippen molar-refractivity contribution >= 4 is 33.0 Å². The van der Waals surface area contributed by atoms with E-state index >= 15 is 0 Å². The predicted molar refractivity (Wildman–Crippen MR) is 96.7 cm³/mol. The summed E-state index contributed by atoms with van der Waals surface area (Å²) in [5.74, 6) is 0.972. The van der Waals surface area contributed by atoms with Gasteiger partial charge in [-0.2, -0.15) is 0 Å². The number of hydrogen-bond donors (Lipinski definition) is 0. The second kappa shape index (κ2) is 7.34. The molecular formula is C18H18Cl2O3S. The zero-order valence-corrected chi connectivity index (χ0v) is 15.3. The van der Waals surface area contributed by atoms with E-state index in [-0.39, 0.29) is 10.8 Å². The van der Waals surface area contributed by atoms with Gasteiger partial charge in [-0.3, -0.25) is 0 Å². The smallest absolute Gasteiger partial charge is 0.182 e. The summed E-state index contributed by atoms with van der Waals surface area (Å²) < 4.78 is 31.3. The van der Waals surface area contributed by atoms with Crippen molar-refractivity contribution in [1.82, 2.24) is 0 Å². The van der Waals surface area contributed by atoms with Crippen molar-refractivity contribution in [3.63, 3.8) is 0 Å². The third-order valence-electron chi connectivity index (χ3n) is 4.37. The summed E-state index contributed by atoms with van der Waals surface area (Å²) in [6, 6.07) is 13.8. The third kappa shape index (κ3) is 3.88. The number of ether oxygens (including phenoxy) is 1. The fraction of sp³-hybridized carbons (Fsp3) is 0.333. The quantitative estimate of drug-likeness (QED) is 0.726. The molecule has 0 saturated heterocycles. The molecule has 2 aromatic carbocycles. The van der Waals surface area contributed by atoms with Gasteiger partial charge in [-0.1, -0.05) is 35.3 Å². The SMILES string of the molecule is O=S(=O)(c1ccccc1Cl)[C@H]1CC[C@@H](COc2ccc(Cl)cc2)C1. The Hall–Kier alpha value is -1.23. The second-order valence-corrected chi connectivity index (χ2v) is 9.08. The minimum Gasteiger partial charge on any atom is -0.493 e. The van der Waals surface area contributed by atoms with Crippen molar-refractivity contribution in [2.24, 2.45) is 5.92 Å². The molecule has 1 aliphatic rings. The highest BCUT2D eigenvalue weighted by molar-refractivity contribution is 7.92. The van der Waals surface area contributed by atoms with Gasteiger partial charge in [-0.15, -0.1) is 0 Å². The maximum Gasteiger partial charge on any atom is 0.182 e. The van der Waals surface area contributed by atoms with Crippen LogP contribution in [0.2, 0.25) is 10.0 Å². The summed E-state index contributed by atoms with van der Waals surface area (Å²) in [6.45, 7) is 0.510. The Bertz CT molecular complexity index is 803. The van der Waals surface area contributed by atoms with Crippen LogP contribution < -0.4 is 4.74 Å². The van der Waals surface area contributed by atoms with Gasteiger partial charge < -0.3 is 4.74 Å². The van der Waals surface area contributed by atoms with Gasteiger partial charge in [0.2, 0.25) is 0 Å². The summed E-state index contributed by atoms with van der Waals surface area (Å²) in [7, 11) is -3.40. The molecule has 0 amide bonds. The van der Waals surface area contributed by atoms with Crippen LogP contribution >= 0.6 is 23.2 Å². The molecule has 6 heteroatoms. The lowest BCUT2D eigenvalue weighted by atomic mass is 10.1. The van der Waals surface area contributed by atoms with Gasteiger partial charge in [0.15, 0.2) is 9.84 Å². The zero-order valence-electron chi connectivity index (χ0n) is 13.0. The average Bonchev–Trinajstić information content (AvgIpc) is 3.04. The molecule has 0 unspecified atom stereocenters. The molecule has 0 aliphatic heterocycles. The maximum absolute atomic E-state index is 12.8. The molecule has 128 valence electrons. The molecule has 0 radical (unpaired) electrons. The molecule has 1 saturated carbocycles. The topological polar surface area (TPSA) is 43.4 Å². The van der Waals surface area contributed by atoms with Crippen LogP contribution in [-0.2, 0) is 9.84 Å². The van der Waals surface area contributed by atoms with E-state index < -0.39 is 15.1 Å². The molecule has 0 aromatic heterocycles. The Morgan fingerprint density at radius 3 is 2.42 bits per heavy atom. The summed E-state index contributed by atoms with van der Waals surface area (Å²) in [4.78, 5) is 0.232. The van der Waals surface area contributed by atoms with E-state index in [2.05, 4.69) is 0 Å². The lowest BCUT2D eigenvalue weighted by Crippen LogP contribution is -2.20. The number of rotatable bonds is 5. The first kappa shape index (κ1) is 17.6. The fourth-order valence-electron chi connectivity index (χ4n) is 3.06. The fourth-order valence-corrected chi connectivity index (χ4v) is 5.59. The van der Waals surface area contributed by atoms with Crippen LogP contribution in [0.1, 0.15) is 19.3 Å². The lowest BCUT2D eigenvalue weighted by Gasteiger charge is -2.14. The highest BCUT2D eigenvalue weighted by Gasteiger charge is 2.36. The van der Waals surface area contributed by atoms with E-state index in [0.717, 1.165) is 12.2 Å². The molecule has 0 spiro atoms. The lowest BCUT2D eigenvalue weighted by molar-refractivity contribution is 0.252. The Balaban J connectivity index is 1.62. The van der Waals surface area contributed by atoms with E-state index in [1.165, 1.54) is 0 Å². The van der Waals surface area contributed by atoms with E-state index in [0.29, 0.717) is 29.5 Å². The van der Waals surface area contributed by atoms with Gasteiger partial charge in [0.1, 0.15) is 5.75 Å². The van der Waals surface area contributed by atoms with E-state index in [1.807, 2.05) is 12.1 Å². The van der Waals surface area contributed by atoms with E-state index in [9.17, 15) is 8.42 Å². The van der Waals surface area contributed by atoms with E-state index in [4.69, 9.17) is 27.9 Å². The molecule has 24 heavy (non-hydrogen) atoms. The Morgan fingerprint density at radius 2 is 1.71 bits per heavy atom. The van der Waals surface area contributed by atoms with Gasteiger partial charge in [-0.25, -0.2) is 8.42 Å². The molecule has 3 rings (SSSR count). The summed E-state index contributed by atoms with van der Waals surface area (Å²) >= 11 is 11.9. The molecule has 0 bridgehead atoms. The highest BCUT2D eigenvalue weighted by Crippen LogP contribution is 2.36. The van der Waals surface area contributed by atoms with Gasteiger partial charge in [0, 0.05) is 5.02 Å². The molecule has 1 fully saturated rings. The molecule has 2 aromatic rings. The Kier molecular flexibility index (Phi) is 5.38. The van der Waals surface area contributed by atoms with Crippen molar-refractivity contribution in [1.29, 1.82) is 0 Å². The van der Waals surface area contributed by atoms with Crippen molar-refractivity contribution in [3.05, 3.63) is 58.6 Å². The zero-order chi connectivity index (χ0) is 17.2. The molecule has 0 heterocycles. The average molecular weight is 385 g/mol. The number of benzene rings is 2. The minimum absolute atomic E-state index is 0.225. The predicted octanol–water partition coefficient (Wildman–Crippen LogP) is 5.01. The molecular weight excluding hydrogens is 367 g/mol.